The van der Waals surface area contributed by atoms with Crippen molar-refractivity contribution in [3.05, 3.63) is 59.7 Å². The first-order valence-electron chi connectivity index (χ1n) is 8.99. The van der Waals surface area contributed by atoms with Crippen molar-refractivity contribution in [2.75, 3.05) is 18.0 Å². The zero-order chi connectivity index (χ0) is 17.4. The molecule has 0 heterocycles. The summed E-state index contributed by atoms with van der Waals surface area (Å²) in [6.07, 6.45) is 2.06. The van der Waals surface area contributed by atoms with E-state index in [4.69, 9.17) is 4.99 Å². The van der Waals surface area contributed by atoms with E-state index in [0.29, 0.717) is 0 Å². The first-order valence-corrected chi connectivity index (χ1v) is 8.99. The summed E-state index contributed by atoms with van der Waals surface area (Å²) in [5.74, 6) is 0.904. The predicted octanol–water partition coefficient (Wildman–Crippen LogP) is 4.93. The molecule has 0 aromatic heterocycles. The minimum Gasteiger partial charge on any atom is -0.356 e. The smallest absolute Gasteiger partial charge is 0.203 e. The summed E-state index contributed by atoms with van der Waals surface area (Å²) in [7, 11) is 0. The highest BCUT2D eigenvalue weighted by Crippen LogP contribution is 2.20. The number of hydrogen-bond donors (Lipinski definition) is 1. The Labute approximate surface area is 146 Å². The fourth-order valence-corrected chi connectivity index (χ4v) is 2.72. The van der Waals surface area contributed by atoms with E-state index in [1.807, 2.05) is 0 Å². The van der Waals surface area contributed by atoms with Crippen molar-refractivity contribution in [2.45, 2.75) is 40.5 Å². The Morgan fingerprint density at radius 2 is 1.58 bits per heavy atom. The zero-order valence-electron chi connectivity index (χ0n) is 15.3. The van der Waals surface area contributed by atoms with Crippen molar-refractivity contribution in [3.63, 3.8) is 0 Å². The van der Waals surface area contributed by atoms with Crippen LogP contribution in [0.25, 0.3) is 0 Å². The van der Waals surface area contributed by atoms with Crippen LogP contribution in [0.4, 0.5) is 11.4 Å². The summed E-state index contributed by atoms with van der Waals surface area (Å²) in [5.41, 5.74) is 4.83. The van der Waals surface area contributed by atoms with Gasteiger partial charge in [-0.1, -0.05) is 38.1 Å². The van der Waals surface area contributed by atoms with E-state index in [1.54, 1.807) is 0 Å². The monoisotopic (exact) mass is 323 g/mol. The maximum Gasteiger partial charge on any atom is 0.203 e. The van der Waals surface area contributed by atoms with Crippen LogP contribution in [0.3, 0.4) is 0 Å². The number of benzene rings is 2. The molecule has 0 aliphatic rings. The molecule has 128 valence electrons. The number of nitrogens with zero attached hydrogens (tertiary/aromatic N) is 2. The second-order valence-corrected chi connectivity index (χ2v) is 5.76. The SMILES string of the molecule is CCNC(=Nc1cccc(CC)c1)N(CC)c1cccc(CC)c1. The van der Waals surface area contributed by atoms with Gasteiger partial charge >= 0.3 is 0 Å². The summed E-state index contributed by atoms with van der Waals surface area (Å²) >= 11 is 0. The maximum absolute atomic E-state index is 4.89. The third-order valence-corrected chi connectivity index (χ3v) is 4.09. The zero-order valence-corrected chi connectivity index (χ0v) is 15.3. The average molecular weight is 323 g/mol. The van der Waals surface area contributed by atoms with E-state index in [-0.39, 0.29) is 0 Å². The van der Waals surface area contributed by atoms with Crippen LogP contribution in [0.2, 0.25) is 0 Å². The van der Waals surface area contributed by atoms with E-state index >= 15 is 0 Å². The van der Waals surface area contributed by atoms with Gasteiger partial charge in [0, 0.05) is 18.8 Å². The topological polar surface area (TPSA) is 27.6 Å². The summed E-state index contributed by atoms with van der Waals surface area (Å²) in [5, 5.41) is 3.43. The molecule has 0 bridgehead atoms. The number of aliphatic imine (C=N–C) groups is 1. The first kappa shape index (κ1) is 18.1. The standard InChI is InChI=1S/C21H29N3/c1-5-17-11-9-13-19(15-17)23-21(22-7-3)24(8-4)20-14-10-12-18(6-2)16-20/h9-16H,5-8H2,1-4H3,(H,22,23). The van der Waals surface area contributed by atoms with Crippen molar-refractivity contribution in [3.8, 4) is 0 Å². The van der Waals surface area contributed by atoms with E-state index < -0.39 is 0 Å². The molecule has 0 saturated carbocycles. The Morgan fingerprint density at radius 3 is 2.21 bits per heavy atom. The molecule has 0 radical (unpaired) electrons. The first-order chi connectivity index (χ1) is 11.7. The Morgan fingerprint density at radius 1 is 0.917 bits per heavy atom. The van der Waals surface area contributed by atoms with Crippen LogP contribution in [0, 0.1) is 0 Å². The number of aryl methyl sites for hydroxylation is 2. The molecule has 0 aliphatic carbocycles. The van der Waals surface area contributed by atoms with Crippen LogP contribution >= 0.6 is 0 Å². The molecule has 0 saturated heterocycles. The van der Waals surface area contributed by atoms with Gasteiger partial charge in [0.2, 0.25) is 5.96 Å². The lowest BCUT2D eigenvalue weighted by molar-refractivity contribution is 0.905. The molecule has 1 N–H and O–H groups in total. The number of guanidine groups is 1. The Hall–Kier alpha value is -2.29. The molecule has 3 heteroatoms. The molecule has 0 fully saturated rings. The molecule has 0 aliphatic heterocycles. The summed E-state index contributed by atoms with van der Waals surface area (Å²) < 4.78 is 0. The van der Waals surface area contributed by atoms with Gasteiger partial charge in [-0.25, -0.2) is 4.99 Å². The molecule has 24 heavy (non-hydrogen) atoms. The molecule has 2 aromatic carbocycles. The molecular weight excluding hydrogens is 294 g/mol. The largest absolute Gasteiger partial charge is 0.356 e. The molecule has 0 amide bonds. The fourth-order valence-electron chi connectivity index (χ4n) is 2.72. The van der Waals surface area contributed by atoms with Crippen LogP contribution in [-0.2, 0) is 12.8 Å². The second kappa shape index (κ2) is 9.11. The summed E-state index contributed by atoms with van der Waals surface area (Å²) in [6.45, 7) is 10.3. The highest BCUT2D eigenvalue weighted by Gasteiger charge is 2.12. The molecular formula is C21H29N3. The molecule has 0 spiro atoms. The molecule has 0 atom stereocenters. The number of nitrogens with one attached hydrogen (secondary N) is 1. The van der Waals surface area contributed by atoms with Crippen LogP contribution < -0.4 is 10.2 Å². The Kier molecular flexibility index (Phi) is 6.86. The predicted molar refractivity (Wildman–Crippen MR) is 105 cm³/mol. The van der Waals surface area contributed by atoms with Crippen LogP contribution in [-0.4, -0.2) is 19.0 Å². The highest BCUT2D eigenvalue weighted by atomic mass is 15.3. The lowest BCUT2D eigenvalue weighted by Crippen LogP contribution is -2.41. The summed E-state index contributed by atoms with van der Waals surface area (Å²) in [4.78, 5) is 7.13. The van der Waals surface area contributed by atoms with Crippen molar-refractivity contribution in [1.29, 1.82) is 0 Å². The molecule has 3 nitrogen and oxygen atoms in total. The van der Waals surface area contributed by atoms with Gasteiger partial charge in [0.1, 0.15) is 0 Å². The quantitative estimate of drug-likeness (QED) is 0.602. The minimum atomic E-state index is 0.844. The van der Waals surface area contributed by atoms with Crippen LogP contribution in [0.1, 0.15) is 38.8 Å². The van der Waals surface area contributed by atoms with Gasteiger partial charge in [0.25, 0.3) is 0 Å². The Bertz CT molecular complexity index is 676. The van der Waals surface area contributed by atoms with Gasteiger partial charge in [-0.15, -0.1) is 0 Å². The van der Waals surface area contributed by atoms with Crippen LogP contribution in [0.5, 0.6) is 0 Å². The molecule has 2 aromatic rings. The number of rotatable bonds is 6. The molecule has 0 unspecified atom stereocenters. The highest BCUT2D eigenvalue weighted by molar-refractivity contribution is 5.97. The van der Waals surface area contributed by atoms with Crippen molar-refractivity contribution in [2.24, 2.45) is 4.99 Å². The maximum atomic E-state index is 4.89. The van der Waals surface area contributed by atoms with E-state index in [0.717, 1.165) is 37.6 Å². The van der Waals surface area contributed by atoms with Gasteiger partial charge < -0.3 is 10.2 Å². The average Bonchev–Trinajstić information content (AvgIpc) is 2.63. The third kappa shape index (κ3) is 4.60. The van der Waals surface area contributed by atoms with E-state index in [2.05, 4.69) is 86.4 Å². The summed E-state index contributed by atoms with van der Waals surface area (Å²) in [6, 6.07) is 17.1. The van der Waals surface area contributed by atoms with Gasteiger partial charge in [-0.05, 0) is 62.1 Å². The van der Waals surface area contributed by atoms with Crippen molar-refractivity contribution < 1.29 is 0 Å². The normalized spacial score (nSPS) is 11.4. The lowest BCUT2D eigenvalue weighted by Gasteiger charge is -2.26. The van der Waals surface area contributed by atoms with Crippen molar-refractivity contribution >= 4 is 17.3 Å². The van der Waals surface area contributed by atoms with E-state index in [1.165, 1.54) is 16.8 Å². The number of hydrogen-bond acceptors (Lipinski definition) is 1. The minimum absolute atomic E-state index is 0.844. The van der Waals surface area contributed by atoms with Gasteiger partial charge in [0.15, 0.2) is 0 Å². The van der Waals surface area contributed by atoms with Crippen LogP contribution in [0.15, 0.2) is 53.5 Å². The fraction of sp³-hybridized carbons (Fsp3) is 0.381. The van der Waals surface area contributed by atoms with E-state index in [9.17, 15) is 0 Å². The van der Waals surface area contributed by atoms with Crippen molar-refractivity contribution in [1.82, 2.24) is 5.32 Å². The van der Waals surface area contributed by atoms with Gasteiger partial charge in [-0.2, -0.15) is 0 Å². The van der Waals surface area contributed by atoms with Gasteiger partial charge in [0.05, 0.1) is 5.69 Å². The second-order valence-electron chi connectivity index (χ2n) is 5.76. The number of anilines is 1. The van der Waals surface area contributed by atoms with Gasteiger partial charge in [-0.3, -0.25) is 0 Å². The third-order valence-electron chi connectivity index (χ3n) is 4.09. The lowest BCUT2D eigenvalue weighted by atomic mass is 10.1. The molecule has 2 rings (SSSR count). The Balaban J connectivity index is 2.40.